The van der Waals surface area contributed by atoms with Crippen LogP contribution in [0.5, 0.6) is 0 Å². The van der Waals surface area contributed by atoms with Crippen LogP contribution in [0, 0.1) is 0 Å². The standard InChI is InChI=1S/C19H23NO/c1-14(2)16-9-7-15(8-10-16)11-20-19-13-21-12-17-5-3-4-6-18(17)19/h3-10,14,19-20H,11-13H2,1-2H3. The Labute approximate surface area is 127 Å². The fourth-order valence-corrected chi connectivity index (χ4v) is 2.81. The van der Waals surface area contributed by atoms with Gasteiger partial charge in [-0.15, -0.1) is 0 Å². The van der Waals surface area contributed by atoms with Crippen molar-refractivity contribution in [2.24, 2.45) is 0 Å². The van der Waals surface area contributed by atoms with Gasteiger partial charge in [-0.2, -0.15) is 0 Å². The van der Waals surface area contributed by atoms with Crippen molar-refractivity contribution in [1.29, 1.82) is 0 Å². The molecule has 1 N–H and O–H groups in total. The summed E-state index contributed by atoms with van der Waals surface area (Å²) in [5, 5.41) is 3.62. The number of benzene rings is 2. The van der Waals surface area contributed by atoms with Crippen LogP contribution in [0.1, 0.15) is 48.1 Å². The second-order valence-electron chi connectivity index (χ2n) is 6.04. The van der Waals surface area contributed by atoms with E-state index in [9.17, 15) is 0 Å². The van der Waals surface area contributed by atoms with Crippen LogP contribution < -0.4 is 5.32 Å². The first-order valence-electron chi connectivity index (χ1n) is 7.72. The molecule has 2 nitrogen and oxygen atoms in total. The monoisotopic (exact) mass is 281 g/mol. The molecule has 1 unspecified atom stereocenters. The fourth-order valence-electron chi connectivity index (χ4n) is 2.81. The third kappa shape index (κ3) is 3.34. The molecule has 0 radical (unpaired) electrons. The van der Waals surface area contributed by atoms with Crippen molar-refractivity contribution in [2.75, 3.05) is 6.61 Å². The van der Waals surface area contributed by atoms with E-state index in [2.05, 4.69) is 67.7 Å². The number of ether oxygens (including phenoxy) is 1. The molecule has 0 aromatic heterocycles. The topological polar surface area (TPSA) is 21.3 Å². The average molecular weight is 281 g/mol. The molecule has 1 aliphatic heterocycles. The molecular weight excluding hydrogens is 258 g/mol. The van der Waals surface area contributed by atoms with E-state index in [1.165, 1.54) is 22.3 Å². The normalized spacial score (nSPS) is 17.8. The van der Waals surface area contributed by atoms with Crippen LogP contribution in [0.25, 0.3) is 0 Å². The maximum Gasteiger partial charge on any atom is 0.0721 e. The Morgan fingerprint density at radius 2 is 1.86 bits per heavy atom. The Balaban J connectivity index is 1.66. The third-order valence-electron chi connectivity index (χ3n) is 4.17. The lowest BCUT2D eigenvalue weighted by Crippen LogP contribution is -2.29. The van der Waals surface area contributed by atoms with Crippen LogP contribution in [-0.4, -0.2) is 6.61 Å². The van der Waals surface area contributed by atoms with Gasteiger partial charge in [0.1, 0.15) is 0 Å². The molecule has 1 heterocycles. The molecular formula is C19H23NO. The maximum atomic E-state index is 5.69. The Kier molecular flexibility index (Phi) is 4.37. The quantitative estimate of drug-likeness (QED) is 0.908. The summed E-state index contributed by atoms with van der Waals surface area (Å²) in [6, 6.07) is 17.7. The average Bonchev–Trinajstić information content (AvgIpc) is 2.53. The number of hydrogen-bond acceptors (Lipinski definition) is 2. The van der Waals surface area contributed by atoms with Gasteiger partial charge >= 0.3 is 0 Å². The summed E-state index contributed by atoms with van der Waals surface area (Å²) < 4.78 is 5.69. The number of fused-ring (bicyclic) bond motifs is 1. The van der Waals surface area contributed by atoms with E-state index in [0.29, 0.717) is 12.0 Å². The SMILES string of the molecule is CC(C)c1ccc(CNC2COCc3ccccc32)cc1. The summed E-state index contributed by atoms with van der Waals surface area (Å²) in [6.07, 6.45) is 0. The van der Waals surface area contributed by atoms with Gasteiger partial charge in [0.2, 0.25) is 0 Å². The molecule has 2 aromatic rings. The highest BCUT2D eigenvalue weighted by Crippen LogP contribution is 2.24. The summed E-state index contributed by atoms with van der Waals surface area (Å²) in [7, 11) is 0. The van der Waals surface area contributed by atoms with Gasteiger partial charge in [0.05, 0.1) is 19.3 Å². The first-order valence-corrected chi connectivity index (χ1v) is 7.72. The largest absolute Gasteiger partial charge is 0.375 e. The first kappa shape index (κ1) is 14.3. The number of hydrogen-bond donors (Lipinski definition) is 1. The van der Waals surface area contributed by atoms with Gasteiger partial charge in [0.25, 0.3) is 0 Å². The van der Waals surface area contributed by atoms with Crippen LogP contribution in [0.15, 0.2) is 48.5 Å². The van der Waals surface area contributed by atoms with Crippen molar-refractivity contribution in [3.05, 3.63) is 70.8 Å². The van der Waals surface area contributed by atoms with E-state index in [1.54, 1.807) is 0 Å². The van der Waals surface area contributed by atoms with Crippen molar-refractivity contribution in [2.45, 2.75) is 39.0 Å². The van der Waals surface area contributed by atoms with Crippen molar-refractivity contribution in [1.82, 2.24) is 5.32 Å². The van der Waals surface area contributed by atoms with Crippen LogP contribution >= 0.6 is 0 Å². The molecule has 0 bridgehead atoms. The molecule has 2 aromatic carbocycles. The molecule has 0 saturated heterocycles. The van der Waals surface area contributed by atoms with E-state index in [1.807, 2.05) is 0 Å². The number of nitrogens with one attached hydrogen (secondary N) is 1. The van der Waals surface area contributed by atoms with Crippen LogP contribution in [0.3, 0.4) is 0 Å². The van der Waals surface area contributed by atoms with E-state index >= 15 is 0 Å². The molecule has 110 valence electrons. The molecule has 0 amide bonds. The summed E-state index contributed by atoms with van der Waals surface area (Å²) in [5.41, 5.74) is 5.39. The fraction of sp³-hybridized carbons (Fsp3) is 0.368. The summed E-state index contributed by atoms with van der Waals surface area (Å²) >= 11 is 0. The molecule has 0 aliphatic carbocycles. The van der Waals surface area contributed by atoms with E-state index in [0.717, 1.165) is 19.8 Å². The zero-order valence-electron chi connectivity index (χ0n) is 12.8. The Morgan fingerprint density at radius 3 is 2.62 bits per heavy atom. The zero-order chi connectivity index (χ0) is 14.7. The van der Waals surface area contributed by atoms with Crippen LogP contribution in [-0.2, 0) is 17.9 Å². The van der Waals surface area contributed by atoms with Gasteiger partial charge in [-0.1, -0.05) is 62.4 Å². The minimum absolute atomic E-state index is 0.291. The molecule has 0 spiro atoms. The lowest BCUT2D eigenvalue weighted by molar-refractivity contribution is 0.0817. The van der Waals surface area contributed by atoms with Gasteiger partial charge < -0.3 is 10.1 Å². The highest BCUT2D eigenvalue weighted by atomic mass is 16.5. The lowest BCUT2D eigenvalue weighted by atomic mass is 9.98. The summed E-state index contributed by atoms with van der Waals surface area (Å²) in [5.74, 6) is 0.589. The Bertz CT molecular complexity index is 589. The van der Waals surface area contributed by atoms with Crippen LogP contribution in [0.2, 0.25) is 0 Å². The van der Waals surface area contributed by atoms with Crippen molar-refractivity contribution in [3.8, 4) is 0 Å². The lowest BCUT2D eigenvalue weighted by Gasteiger charge is -2.26. The molecule has 0 fully saturated rings. The second kappa shape index (κ2) is 6.42. The minimum atomic E-state index is 0.291. The van der Waals surface area contributed by atoms with Gasteiger partial charge in [0, 0.05) is 6.54 Å². The predicted octanol–water partition coefficient (Wildman–Crippen LogP) is 4.17. The predicted molar refractivity (Wildman–Crippen MR) is 86.2 cm³/mol. The molecule has 1 atom stereocenters. The van der Waals surface area contributed by atoms with Gasteiger partial charge in [-0.05, 0) is 28.2 Å². The summed E-state index contributed by atoms with van der Waals surface area (Å²) in [4.78, 5) is 0. The Hall–Kier alpha value is -1.64. The third-order valence-corrected chi connectivity index (χ3v) is 4.17. The van der Waals surface area contributed by atoms with Gasteiger partial charge in [-0.3, -0.25) is 0 Å². The molecule has 1 aliphatic rings. The molecule has 21 heavy (non-hydrogen) atoms. The van der Waals surface area contributed by atoms with Crippen molar-refractivity contribution in [3.63, 3.8) is 0 Å². The maximum absolute atomic E-state index is 5.69. The summed E-state index contributed by atoms with van der Waals surface area (Å²) in [6.45, 7) is 6.81. The van der Waals surface area contributed by atoms with Gasteiger partial charge in [0.15, 0.2) is 0 Å². The van der Waals surface area contributed by atoms with Crippen LogP contribution in [0.4, 0.5) is 0 Å². The number of rotatable bonds is 4. The zero-order valence-corrected chi connectivity index (χ0v) is 12.8. The highest BCUT2D eigenvalue weighted by Gasteiger charge is 2.19. The minimum Gasteiger partial charge on any atom is -0.375 e. The molecule has 2 heteroatoms. The van der Waals surface area contributed by atoms with E-state index in [4.69, 9.17) is 4.74 Å². The van der Waals surface area contributed by atoms with E-state index in [-0.39, 0.29) is 0 Å². The first-order chi connectivity index (χ1) is 10.2. The molecule has 0 saturated carbocycles. The second-order valence-corrected chi connectivity index (χ2v) is 6.04. The van der Waals surface area contributed by atoms with Crippen molar-refractivity contribution >= 4 is 0 Å². The van der Waals surface area contributed by atoms with E-state index < -0.39 is 0 Å². The molecule has 3 rings (SSSR count). The van der Waals surface area contributed by atoms with Gasteiger partial charge in [-0.25, -0.2) is 0 Å². The van der Waals surface area contributed by atoms with Crippen molar-refractivity contribution < 1.29 is 4.74 Å². The smallest absolute Gasteiger partial charge is 0.0721 e. The Morgan fingerprint density at radius 1 is 1.10 bits per heavy atom. The highest BCUT2D eigenvalue weighted by molar-refractivity contribution is 5.31.